The molecule has 0 spiro atoms. The summed E-state index contributed by atoms with van der Waals surface area (Å²) < 4.78 is 41.7. The van der Waals surface area contributed by atoms with Crippen LogP contribution in [0.5, 0.6) is 0 Å². The molecule has 1 saturated carbocycles. The minimum Gasteiger partial charge on any atom is -0.481 e. The minimum absolute atomic E-state index is 0.00721. The van der Waals surface area contributed by atoms with E-state index in [1.54, 1.807) is 12.1 Å². The number of hydrogen-bond donors (Lipinski definition) is 1. The largest absolute Gasteiger partial charge is 0.481 e. The van der Waals surface area contributed by atoms with Crippen molar-refractivity contribution < 1.29 is 27.8 Å². The van der Waals surface area contributed by atoms with E-state index in [9.17, 15) is 18.9 Å². The molecule has 2 atom stereocenters. The van der Waals surface area contributed by atoms with Gasteiger partial charge in [0.15, 0.2) is 0 Å². The molecule has 4 aromatic rings. The molecule has 1 heterocycles. The third-order valence-electron chi connectivity index (χ3n) is 10.0. The van der Waals surface area contributed by atoms with Crippen LogP contribution >= 0.6 is 7.37 Å². The van der Waals surface area contributed by atoms with Crippen molar-refractivity contribution in [2.24, 2.45) is 0 Å². The number of carboxylic acids is 1. The highest BCUT2D eigenvalue weighted by atomic mass is 31.2. The molecule has 52 heavy (non-hydrogen) atoms. The SMILES string of the molecule is COP(=O)(C#Cc1c(-c2ccc(F)cc2)cc(C2CCCCC2)nc1C(C)C)C[C@H](CC(=O)O)O[Si](c1ccccc1)(c1ccccc1)C(C)(C)C. The van der Waals surface area contributed by atoms with Gasteiger partial charge in [-0.05, 0) is 63.6 Å². The van der Waals surface area contributed by atoms with Crippen LogP contribution in [-0.4, -0.2) is 43.8 Å². The first-order valence-corrected chi connectivity index (χ1v) is 22.0. The van der Waals surface area contributed by atoms with E-state index >= 15 is 0 Å². The lowest BCUT2D eigenvalue weighted by Gasteiger charge is -2.45. The maximum atomic E-state index is 14.7. The second-order valence-electron chi connectivity index (χ2n) is 15.1. The lowest BCUT2D eigenvalue weighted by atomic mass is 9.84. The molecule has 9 heteroatoms. The predicted octanol–water partition coefficient (Wildman–Crippen LogP) is 9.71. The molecule has 1 aromatic heterocycles. The summed E-state index contributed by atoms with van der Waals surface area (Å²) in [5.74, 6) is 2.14. The number of halogens is 1. The molecule has 1 unspecified atom stereocenters. The maximum Gasteiger partial charge on any atom is 0.305 e. The lowest BCUT2D eigenvalue weighted by Crippen LogP contribution is -2.68. The molecule has 1 aliphatic rings. The Balaban J connectivity index is 1.62. The summed E-state index contributed by atoms with van der Waals surface area (Å²) in [6, 6.07) is 28.3. The van der Waals surface area contributed by atoms with Crippen LogP contribution in [0, 0.1) is 17.4 Å². The quantitative estimate of drug-likeness (QED) is 0.0885. The first-order chi connectivity index (χ1) is 24.8. The molecule has 3 aromatic carbocycles. The first-order valence-electron chi connectivity index (χ1n) is 18.3. The molecule has 274 valence electrons. The monoisotopic (exact) mass is 739 g/mol. The van der Waals surface area contributed by atoms with E-state index in [0.717, 1.165) is 58.6 Å². The summed E-state index contributed by atoms with van der Waals surface area (Å²) in [5, 5.41) is 11.7. The van der Waals surface area contributed by atoms with Crippen LogP contribution in [0.4, 0.5) is 4.39 Å². The predicted molar refractivity (Wildman–Crippen MR) is 211 cm³/mol. The number of nitrogens with zero attached hydrogens (tertiary/aromatic N) is 1. The summed E-state index contributed by atoms with van der Waals surface area (Å²) in [6.45, 7) is 10.5. The summed E-state index contributed by atoms with van der Waals surface area (Å²) in [5.41, 5.74) is 6.99. The molecular formula is C43H51FNO5PSi. The van der Waals surface area contributed by atoms with Gasteiger partial charge in [0.25, 0.3) is 15.7 Å². The summed E-state index contributed by atoms with van der Waals surface area (Å²) in [6.07, 6.45) is 4.08. The average Bonchev–Trinajstić information content (AvgIpc) is 3.13. The highest BCUT2D eigenvalue weighted by Gasteiger charge is 2.52. The Morgan fingerprint density at radius 3 is 2.04 bits per heavy atom. The van der Waals surface area contributed by atoms with E-state index in [4.69, 9.17) is 13.9 Å². The van der Waals surface area contributed by atoms with Crippen molar-refractivity contribution in [2.75, 3.05) is 13.3 Å². The van der Waals surface area contributed by atoms with E-state index in [0.29, 0.717) is 11.5 Å². The van der Waals surface area contributed by atoms with Crippen molar-refractivity contribution >= 4 is 32.0 Å². The molecule has 1 N–H and O–H groups in total. The van der Waals surface area contributed by atoms with Gasteiger partial charge in [-0.15, -0.1) is 0 Å². The molecule has 0 aliphatic heterocycles. The van der Waals surface area contributed by atoms with Crippen LogP contribution in [0.1, 0.15) is 102 Å². The Kier molecular flexibility index (Phi) is 12.8. The second kappa shape index (κ2) is 16.9. The average molecular weight is 740 g/mol. The molecule has 0 amide bonds. The van der Waals surface area contributed by atoms with Crippen molar-refractivity contribution in [1.82, 2.24) is 4.98 Å². The fraction of sp³-hybridized carbons (Fsp3) is 0.395. The van der Waals surface area contributed by atoms with Gasteiger partial charge in [0, 0.05) is 24.3 Å². The van der Waals surface area contributed by atoms with Crippen molar-refractivity contribution in [3.05, 3.63) is 114 Å². The van der Waals surface area contributed by atoms with Crippen molar-refractivity contribution in [1.29, 1.82) is 0 Å². The standard InChI is InChI=1S/C43H51FNO5PSi/c1-31(2)42-38(39(32-22-24-34(44)25-23-32)29-40(45-42)33-16-10-7-11-17-33)26-27-51(48,49-6)30-35(28-41(46)47)50-52(43(3,4)5,36-18-12-8-13-19-36)37-20-14-9-15-21-37/h8-9,12-15,18-25,29,31,33,35H,7,10-11,16-17,28,30H2,1-6H3,(H,46,47)/t35-,51?/m0/s1. The smallest absolute Gasteiger partial charge is 0.305 e. The zero-order chi connectivity index (χ0) is 37.5. The molecular weight excluding hydrogens is 689 g/mol. The zero-order valence-electron chi connectivity index (χ0n) is 31.2. The van der Waals surface area contributed by atoms with Gasteiger partial charge in [-0.25, -0.2) is 4.39 Å². The van der Waals surface area contributed by atoms with Crippen molar-refractivity contribution in [3.8, 4) is 22.7 Å². The Labute approximate surface area is 309 Å². The Hall–Kier alpha value is -3.86. The second-order valence-corrected chi connectivity index (χ2v) is 21.7. The van der Waals surface area contributed by atoms with Crippen LogP contribution in [0.15, 0.2) is 91.0 Å². The molecule has 0 saturated heterocycles. The first kappa shape index (κ1) is 39.3. The van der Waals surface area contributed by atoms with Crippen LogP contribution in [0.3, 0.4) is 0 Å². The number of hydrogen-bond acceptors (Lipinski definition) is 5. The summed E-state index contributed by atoms with van der Waals surface area (Å²) >= 11 is 0. The summed E-state index contributed by atoms with van der Waals surface area (Å²) in [7, 11) is -5.68. The van der Waals surface area contributed by atoms with Gasteiger partial charge in [-0.1, -0.05) is 133 Å². The molecule has 0 radical (unpaired) electrons. The van der Waals surface area contributed by atoms with Gasteiger partial charge in [0.2, 0.25) is 0 Å². The van der Waals surface area contributed by atoms with Gasteiger partial charge in [-0.3, -0.25) is 14.3 Å². The lowest BCUT2D eigenvalue weighted by molar-refractivity contribution is -0.138. The van der Waals surface area contributed by atoms with Crippen molar-refractivity contribution in [3.63, 3.8) is 0 Å². The van der Waals surface area contributed by atoms with Crippen LogP contribution in [0.2, 0.25) is 5.04 Å². The van der Waals surface area contributed by atoms with Crippen molar-refractivity contribution in [2.45, 2.75) is 96.1 Å². The summed E-state index contributed by atoms with van der Waals surface area (Å²) in [4.78, 5) is 17.6. The number of benzene rings is 3. The third-order valence-corrected chi connectivity index (χ3v) is 17.1. The van der Waals surface area contributed by atoms with E-state index in [2.05, 4.69) is 52.3 Å². The molecule has 1 aliphatic carbocycles. The third kappa shape index (κ3) is 9.01. The van der Waals surface area contributed by atoms with Gasteiger partial charge in [0.05, 0.1) is 29.9 Å². The number of pyridine rings is 1. The number of aliphatic carboxylic acids is 1. The van der Waals surface area contributed by atoms with Crippen LogP contribution < -0.4 is 10.4 Å². The van der Waals surface area contributed by atoms with Gasteiger partial charge < -0.3 is 14.1 Å². The Morgan fingerprint density at radius 1 is 0.962 bits per heavy atom. The number of carbonyl (C=O) groups is 1. The number of aromatic nitrogens is 1. The highest BCUT2D eigenvalue weighted by molar-refractivity contribution is 7.64. The normalized spacial score (nSPS) is 15.8. The molecule has 1 fully saturated rings. The van der Waals surface area contributed by atoms with Crippen LogP contribution in [0.25, 0.3) is 11.1 Å². The highest BCUT2D eigenvalue weighted by Crippen LogP contribution is 2.48. The van der Waals surface area contributed by atoms with E-state index in [-0.39, 0.29) is 24.3 Å². The number of carboxylic acid groups (broad SMARTS) is 1. The molecule has 6 nitrogen and oxygen atoms in total. The van der Waals surface area contributed by atoms with Crippen LogP contribution in [-0.2, 0) is 18.3 Å². The maximum absolute atomic E-state index is 14.7. The van der Waals surface area contributed by atoms with E-state index in [1.807, 2.05) is 60.7 Å². The van der Waals surface area contributed by atoms with Gasteiger partial charge in [0.1, 0.15) is 5.82 Å². The molecule has 5 rings (SSSR count). The Bertz CT molecular complexity index is 1890. The zero-order valence-corrected chi connectivity index (χ0v) is 33.1. The Morgan fingerprint density at radius 2 is 1.54 bits per heavy atom. The fourth-order valence-corrected chi connectivity index (χ4v) is 13.6. The molecule has 0 bridgehead atoms. The van der Waals surface area contributed by atoms with Gasteiger partial charge >= 0.3 is 5.97 Å². The number of rotatable bonds is 12. The minimum atomic E-state index is -3.82. The van der Waals surface area contributed by atoms with E-state index < -0.39 is 32.8 Å². The van der Waals surface area contributed by atoms with Gasteiger partial charge in [-0.2, -0.15) is 0 Å². The fourth-order valence-electron chi connectivity index (χ4n) is 7.45. The van der Waals surface area contributed by atoms with E-state index in [1.165, 1.54) is 25.7 Å². The topological polar surface area (TPSA) is 85.7 Å².